The predicted molar refractivity (Wildman–Crippen MR) is 123 cm³/mol. The van der Waals surface area contributed by atoms with Crippen molar-refractivity contribution in [2.45, 2.75) is 13.0 Å². The number of carbonyl (C=O) groups excluding carboxylic acids is 2. The first-order valence-corrected chi connectivity index (χ1v) is 10.4. The molecule has 0 bridgehead atoms. The molecule has 0 aliphatic rings. The van der Waals surface area contributed by atoms with Crippen molar-refractivity contribution >= 4 is 23.3 Å². The number of anilines is 1. The van der Waals surface area contributed by atoms with Gasteiger partial charge in [-0.1, -0.05) is 48.5 Å². The third kappa shape index (κ3) is 5.19. The minimum atomic E-state index is -1.30. The molecule has 0 saturated heterocycles. The van der Waals surface area contributed by atoms with E-state index in [1.54, 1.807) is 12.1 Å². The molecule has 0 radical (unpaired) electrons. The molecule has 4 rings (SSSR count). The Morgan fingerprint density at radius 2 is 1.71 bits per heavy atom. The van der Waals surface area contributed by atoms with Crippen molar-refractivity contribution in [2.24, 2.45) is 0 Å². The molecule has 10 nitrogen and oxygen atoms in total. The van der Waals surface area contributed by atoms with Crippen molar-refractivity contribution in [2.75, 3.05) is 5.32 Å². The predicted octanol–water partition coefficient (Wildman–Crippen LogP) is 4.17. The van der Waals surface area contributed by atoms with Crippen molar-refractivity contribution < 1.29 is 23.6 Å². The zero-order chi connectivity index (χ0) is 24.9. The maximum atomic E-state index is 13.5. The molecule has 11 heteroatoms. The van der Waals surface area contributed by atoms with Crippen LogP contribution >= 0.6 is 0 Å². The Morgan fingerprint density at radius 3 is 2.37 bits per heavy atom. The van der Waals surface area contributed by atoms with Crippen LogP contribution in [0.4, 0.5) is 15.8 Å². The van der Waals surface area contributed by atoms with Crippen LogP contribution < -0.4 is 5.32 Å². The van der Waals surface area contributed by atoms with Gasteiger partial charge in [0.25, 0.3) is 11.7 Å². The zero-order valence-electron chi connectivity index (χ0n) is 18.3. The molecule has 176 valence electrons. The van der Waals surface area contributed by atoms with Gasteiger partial charge in [-0.05, 0) is 31.2 Å². The van der Waals surface area contributed by atoms with E-state index in [4.69, 9.17) is 4.74 Å². The molecule has 0 aliphatic heterocycles. The summed E-state index contributed by atoms with van der Waals surface area (Å²) in [4.78, 5) is 39.5. The highest BCUT2D eigenvalue weighted by Crippen LogP contribution is 2.23. The Labute approximate surface area is 198 Å². The standard InChI is InChI=1S/C24H18FN5O5/c1-15(23(31)26-17-12-13-19(25)20(14-17)30(33)34)35-24(32)21-27-22(16-8-4-2-5-9-16)29(28-21)18-10-6-3-7-11-18/h2-15H,1H3,(H,26,31)/t15-/m1/s1. The van der Waals surface area contributed by atoms with Gasteiger partial charge in [-0.3, -0.25) is 14.9 Å². The van der Waals surface area contributed by atoms with E-state index < -0.39 is 34.4 Å². The van der Waals surface area contributed by atoms with E-state index in [9.17, 15) is 24.1 Å². The van der Waals surface area contributed by atoms with Gasteiger partial charge in [0, 0.05) is 17.3 Å². The molecule has 1 atom stereocenters. The van der Waals surface area contributed by atoms with Crippen LogP contribution in [0.3, 0.4) is 0 Å². The number of hydrogen-bond acceptors (Lipinski definition) is 7. The fourth-order valence-electron chi connectivity index (χ4n) is 3.16. The van der Waals surface area contributed by atoms with Gasteiger partial charge in [-0.15, -0.1) is 5.10 Å². The van der Waals surface area contributed by atoms with Gasteiger partial charge in [-0.2, -0.15) is 4.39 Å². The van der Waals surface area contributed by atoms with E-state index in [1.807, 2.05) is 48.5 Å². The molecule has 3 aromatic carbocycles. The van der Waals surface area contributed by atoms with E-state index >= 15 is 0 Å². The second-order valence-corrected chi connectivity index (χ2v) is 7.33. The fourth-order valence-corrected chi connectivity index (χ4v) is 3.16. The third-order valence-corrected chi connectivity index (χ3v) is 4.89. The van der Waals surface area contributed by atoms with Crippen LogP contribution in [0, 0.1) is 15.9 Å². The maximum absolute atomic E-state index is 13.5. The average molecular weight is 475 g/mol. The number of halogens is 1. The molecule has 4 aromatic rings. The summed E-state index contributed by atoms with van der Waals surface area (Å²) >= 11 is 0. The minimum absolute atomic E-state index is 0.0242. The molecule has 1 aromatic heterocycles. The number of amides is 1. The Kier molecular flexibility index (Phi) is 6.58. The number of ether oxygens (including phenoxy) is 1. The van der Waals surface area contributed by atoms with Gasteiger partial charge in [0.15, 0.2) is 11.9 Å². The number of esters is 1. The van der Waals surface area contributed by atoms with Crippen molar-refractivity contribution in [3.63, 3.8) is 0 Å². The monoisotopic (exact) mass is 475 g/mol. The van der Waals surface area contributed by atoms with Gasteiger partial charge >= 0.3 is 11.7 Å². The molecule has 0 unspecified atom stereocenters. The summed E-state index contributed by atoms with van der Waals surface area (Å²) in [6.07, 6.45) is -1.30. The number of carbonyl (C=O) groups is 2. The number of nitro groups is 1. The minimum Gasteiger partial charge on any atom is -0.447 e. The Balaban J connectivity index is 1.54. The molecule has 35 heavy (non-hydrogen) atoms. The summed E-state index contributed by atoms with van der Waals surface area (Å²) in [5.41, 5.74) is 0.564. The van der Waals surface area contributed by atoms with Crippen molar-refractivity contribution in [3.05, 3.63) is 101 Å². The normalized spacial score (nSPS) is 11.5. The van der Waals surface area contributed by atoms with Crippen molar-refractivity contribution in [3.8, 4) is 17.1 Å². The number of rotatable bonds is 7. The molecule has 0 aliphatic carbocycles. The van der Waals surface area contributed by atoms with Crippen molar-refractivity contribution in [1.29, 1.82) is 0 Å². The fraction of sp³-hybridized carbons (Fsp3) is 0.0833. The Morgan fingerprint density at radius 1 is 1.06 bits per heavy atom. The topological polar surface area (TPSA) is 129 Å². The Bertz CT molecular complexity index is 1340. The first kappa shape index (κ1) is 23.2. The summed E-state index contributed by atoms with van der Waals surface area (Å²) in [6, 6.07) is 21.1. The number of nitro benzene ring substituents is 1. The quantitative estimate of drug-likeness (QED) is 0.241. The number of benzene rings is 3. The van der Waals surface area contributed by atoms with Crippen LogP contribution in [-0.2, 0) is 9.53 Å². The van der Waals surface area contributed by atoms with E-state index in [-0.39, 0.29) is 11.5 Å². The average Bonchev–Trinajstić information content (AvgIpc) is 3.32. The largest absolute Gasteiger partial charge is 0.447 e. The van der Waals surface area contributed by atoms with E-state index in [2.05, 4.69) is 15.4 Å². The van der Waals surface area contributed by atoms with Crippen molar-refractivity contribution in [1.82, 2.24) is 14.8 Å². The maximum Gasteiger partial charge on any atom is 0.379 e. The van der Waals surface area contributed by atoms with Crippen LogP contribution in [0.25, 0.3) is 17.1 Å². The lowest BCUT2D eigenvalue weighted by molar-refractivity contribution is -0.387. The molecule has 1 heterocycles. The van der Waals surface area contributed by atoms with Crippen LogP contribution in [0.1, 0.15) is 17.5 Å². The molecule has 0 fully saturated rings. The summed E-state index contributed by atoms with van der Waals surface area (Å²) in [5, 5.41) is 17.5. The second-order valence-electron chi connectivity index (χ2n) is 7.33. The Hall–Kier alpha value is -4.93. The first-order valence-electron chi connectivity index (χ1n) is 10.4. The van der Waals surface area contributed by atoms with Gasteiger partial charge in [0.2, 0.25) is 5.82 Å². The SMILES string of the molecule is C[C@@H](OC(=O)c1nc(-c2ccccc2)n(-c2ccccc2)n1)C(=O)Nc1ccc(F)c([N+](=O)[O-])c1. The second kappa shape index (κ2) is 9.91. The molecular formula is C24H18FN5O5. The molecule has 1 amide bonds. The molecular weight excluding hydrogens is 457 g/mol. The van der Waals surface area contributed by atoms with Gasteiger partial charge in [-0.25, -0.2) is 14.5 Å². The lowest BCUT2D eigenvalue weighted by Crippen LogP contribution is -2.30. The number of hydrogen-bond donors (Lipinski definition) is 1. The number of para-hydroxylation sites is 1. The van der Waals surface area contributed by atoms with Crippen LogP contribution in [0.15, 0.2) is 78.9 Å². The third-order valence-electron chi connectivity index (χ3n) is 4.89. The highest BCUT2D eigenvalue weighted by atomic mass is 19.1. The van der Waals surface area contributed by atoms with E-state index in [0.717, 1.165) is 18.2 Å². The first-order chi connectivity index (χ1) is 16.8. The van der Waals surface area contributed by atoms with E-state index in [1.165, 1.54) is 11.6 Å². The van der Waals surface area contributed by atoms with Crippen LogP contribution in [0.2, 0.25) is 0 Å². The molecule has 1 N–H and O–H groups in total. The van der Waals surface area contributed by atoms with E-state index in [0.29, 0.717) is 17.1 Å². The summed E-state index contributed by atoms with van der Waals surface area (Å²) in [6.45, 7) is 1.32. The smallest absolute Gasteiger partial charge is 0.379 e. The highest BCUT2D eigenvalue weighted by Gasteiger charge is 2.25. The van der Waals surface area contributed by atoms with Gasteiger partial charge in [0.1, 0.15) is 0 Å². The van der Waals surface area contributed by atoms with Gasteiger partial charge in [0.05, 0.1) is 10.6 Å². The lowest BCUT2D eigenvalue weighted by atomic mass is 10.2. The summed E-state index contributed by atoms with van der Waals surface area (Å²) in [5.74, 6) is -2.61. The van der Waals surface area contributed by atoms with Crippen LogP contribution in [-0.4, -0.2) is 37.7 Å². The number of aromatic nitrogens is 3. The number of nitrogens with zero attached hydrogens (tertiary/aromatic N) is 4. The molecule has 0 saturated carbocycles. The summed E-state index contributed by atoms with van der Waals surface area (Å²) in [7, 11) is 0. The highest BCUT2D eigenvalue weighted by molar-refractivity contribution is 5.96. The van der Waals surface area contributed by atoms with Gasteiger partial charge < -0.3 is 10.1 Å². The van der Waals surface area contributed by atoms with Crippen LogP contribution in [0.5, 0.6) is 0 Å². The zero-order valence-corrected chi connectivity index (χ0v) is 18.3. The molecule has 0 spiro atoms. The summed E-state index contributed by atoms with van der Waals surface area (Å²) < 4.78 is 20.2. The lowest BCUT2D eigenvalue weighted by Gasteiger charge is -2.12. The number of nitrogens with one attached hydrogen (secondary N) is 1.